The smallest absolute Gasteiger partial charge is 0.226 e. The largest absolute Gasteiger partial charge is 0.371 e. The monoisotopic (exact) mass is 483 g/mol. The molecular weight excluding hydrogens is 434 g/mol. The number of amides is 2. The second kappa shape index (κ2) is 10.1. The zero-order valence-electron chi connectivity index (χ0n) is 22.5. The number of piperazine rings is 1. The van der Waals surface area contributed by atoms with Gasteiger partial charge in [0.2, 0.25) is 11.8 Å². The quantitative estimate of drug-likeness (QED) is 0.520. The van der Waals surface area contributed by atoms with E-state index in [9.17, 15) is 9.59 Å². The van der Waals surface area contributed by atoms with Gasteiger partial charge >= 0.3 is 0 Å². The molecule has 5 heteroatoms. The van der Waals surface area contributed by atoms with Gasteiger partial charge < -0.3 is 15.1 Å². The van der Waals surface area contributed by atoms with Crippen LogP contribution in [-0.4, -0.2) is 53.8 Å². The lowest BCUT2D eigenvalue weighted by Crippen LogP contribution is -2.51. The van der Waals surface area contributed by atoms with Crippen LogP contribution in [0.25, 0.3) is 0 Å². The molecule has 1 aliphatic heterocycles. The molecule has 1 N–H and O–H groups in total. The first-order chi connectivity index (χ1) is 16.8. The van der Waals surface area contributed by atoms with Crippen LogP contribution in [0.1, 0.15) is 104 Å². The summed E-state index contributed by atoms with van der Waals surface area (Å²) in [6, 6.07) is 0.369. The van der Waals surface area contributed by atoms with Gasteiger partial charge in [-0.2, -0.15) is 0 Å². The van der Waals surface area contributed by atoms with Gasteiger partial charge in [0.15, 0.2) is 0 Å². The topological polar surface area (TPSA) is 52.6 Å². The lowest BCUT2D eigenvalue weighted by Gasteiger charge is -2.43. The van der Waals surface area contributed by atoms with Crippen LogP contribution < -0.4 is 5.32 Å². The van der Waals surface area contributed by atoms with E-state index in [0.717, 1.165) is 83.0 Å². The van der Waals surface area contributed by atoms with Crippen LogP contribution >= 0.6 is 0 Å². The number of nitrogens with zero attached hydrogens (tertiary/aromatic N) is 2. The Hall–Kier alpha value is -1.52. The van der Waals surface area contributed by atoms with Crippen molar-refractivity contribution in [2.45, 2.75) is 110 Å². The average Bonchev–Trinajstić information content (AvgIpc) is 3.61. The number of rotatable bonds is 7. The predicted octanol–water partition coefficient (Wildman–Crippen LogP) is 5.51. The minimum atomic E-state index is -0.0556. The zero-order chi connectivity index (χ0) is 24.6. The molecule has 2 amide bonds. The van der Waals surface area contributed by atoms with Crippen molar-refractivity contribution in [3.63, 3.8) is 0 Å². The summed E-state index contributed by atoms with van der Waals surface area (Å²) in [5.74, 6) is 2.43. The SMILES string of the molecule is C=C(N1CCN(C(=O)C2CCC(C3CCCC(NC(=O)C4(CC)CCC4)C3)CC2)CC1)C1(C)CC1. The van der Waals surface area contributed by atoms with E-state index in [2.05, 4.69) is 35.5 Å². The molecule has 5 aliphatic rings. The van der Waals surface area contributed by atoms with Gasteiger partial charge in [0.1, 0.15) is 0 Å². The molecule has 5 fully saturated rings. The van der Waals surface area contributed by atoms with Crippen molar-refractivity contribution in [2.75, 3.05) is 26.2 Å². The molecule has 0 aromatic rings. The first kappa shape index (κ1) is 25.1. The van der Waals surface area contributed by atoms with E-state index in [0.29, 0.717) is 23.3 Å². The molecule has 4 saturated carbocycles. The van der Waals surface area contributed by atoms with Gasteiger partial charge in [-0.25, -0.2) is 0 Å². The number of hydrogen-bond donors (Lipinski definition) is 1. The summed E-state index contributed by atoms with van der Waals surface area (Å²) in [5.41, 5.74) is 1.57. The van der Waals surface area contributed by atoms with Gasteiger partial charge in [0, 0.05) is 54.7 Å². The molecule has 2 unspecified atom stereocenters. The highest BCUT2D eigenvalue weighted by atomic mass is 16.2. The van der Waals surface area contributed by atoms with Crippen molar-refractivity contribution in [2.24, 2.45) is 28.6 Å². The van der Waals surface area contributed by atoms with Crippen LogP contribution in [-0.2, 0) is 9.59 Å². The van der Waals surface area contributed by atoms with Gasteiger partial charge in [-0.3, -0.25) is 9.59 Å². The highest BCUT2D eigenvalue weighted by molar-refractivity contribution is 5.83. The lowest BCUT2D eigenvalue weighted by molar-refractivity contribution is -0.139. The van der Waals surface area contributed by atoms with E-state index in [1.165, 1.54) is 50.6 Å². The van der Waals surface area contributed by atoms with Crippen molar-refractivity contribution in [1.82, 2.24) is 15.1 Å². The Bertz CT molecular complexity index is 793. The highest BCUT2D eigenvalue weighted by Gasteiger charge is 2.44. The number of allylic oxidation sites excluding steroid dienone is 1. The molecule has 1 saturated heterocycles. The van der Waals surface area contributed by atoms with Crippen molar-refractivity contribution in [3.05, 3.63) is 12.3 Å². The van der Waals surface area contributed by atoms with Crippen LogP contribution in [0.15, 0.2) is 12.3 Å². The maximum atomic E-state index is 13.3. The van der Waals surface area contributed by atoms with E-state index in [-0.39, 0.29) is 11.3 Å². The van der Waals surface area contributed by atoms with E-state index >= 15 is 0 Å². The zero-order valence-corrected chi connectivity index (χ0v) is 22.5. The second-order valence-electron chi connectivity index (χ2n) is 13.0. The Kier molecular flexibility index (Phi) is 7.25. The van der Waals surface area contributed by atoms with Crippen LogP contribution in [0, 0.1) is 28.6 Å². The van der Waals surface area contributed by atoms with Crippen LogP contribution in [0.5, 0.6) is 0 Å². The molecule has 0 radical (unpaired) electrons. The second-order valence-corrected chi connectivity index (χ2v) is 13.0. The summed E-state index contributed by atoms with van der Waals surface area (Å²) >= 11 is 0. The molecule has 5 nitrogen and oxygen atoms in total. The number of carbonyl (C=O) groups is 2. The Balaban J connectivity index is 1.05. The summed E-state index contributed by atoms with van der Waals surface area (Å²) in [6.45, 7) is 12.5. The number of nitrogens with one attached hydrogen (secondary N) is 1. The van der Waals surface area contributed by atoms with Crippen LogP contribution in [0.2, 0.25) is 0 Å². The summed E-state index contributed by atoms with van der Waals surface area (Å²) in [4.78, 5) is 30.8. The lowest BCUT2D eigenvalue weighted by atomic mass is 9.66. The summed E-state index contributed by atoms with van der Waals surface area (Å²) in [5, 5.41) is 3.47. The fourth-order valence-corrected chi connectivity index (χ4v) is 7.62. The molecule has 0 spiro atoms. The number of hydrogen-bond acceptors (Lipinski definition) is 3. The van der Waals surface area contributed by atoms with Crippen LogP contribution in [0.3, 0.4) is 0 Å². The molecule has 4 aliphatic carbocycles. The molecule has 0 aromatic carbocycles. The average molecular weight is 484 g/mol. The van der Waals surface area contributed by atoms with Crippen molar-refractivity contribution in [1.29, 1.82) is 0 Å². The van der Waals surface area contributed by atoms with E-state index < -0.39 is 0 Å². The Labute approximate surface area is 213 Å². The minimum Gasteiger partial charge on any atom is -0.371 e. The minimum absolute atomic E-state index is 0.0556. The summed E-state index contributed by atoms with van der Waals surface area (Å²) < 4.78 is 0. The molecule has 5 rings (SSSR count). The fraction of sp³-hybridized carbons (Fsp3) is 0.867. The van der Waals surface area contributed by atoms with Crippen molar-refractivity contribution < 1.29 is 9.59 Å². The van der Waals surface area contributed by atoms with Crippen molar-refractivity contribution >= 4 is 11.8 Å². The molecule has 0 aromatic heterocycles. The van der Waals surface area contributed by atoms with E-state index in [4.69, 9.17) is 0 Å². The first-order valence-electron chi connectivity index (χ1n) is 14.9. The highest BCUT2D eigenvalue weighted by Crippen LogP contribution is 2.52. The van der Waals surface area contributed by atoms with Gasteiger partial charge in [-0.15, -0.1) is 0 Å². The normalized spacial score (nSPS) is 34.0. The standard InChI is InChI=1S/C30H49N3O2/c1-4-30(13-6-14-30)28(35)31-26-8-5-7-25(21-26)23-9-11-24(12-10-23)27(34)33-19-17-32(18-20-33)22(2)29(3)15-16-29/h23-26H,2,4-21H2,1,3H3,(H,31,35). The predicted molar refractivity (Wildman–Crippen MR) is 141 cm³/mol. The summed E-state index contributed by atoms with van der Waals surface area (Å²) in [6.07, 6.45) is 16.2. The maximum absolute atomic E-state index is 13.3. The van der Waals surface area contributed by atoms with E-state index in [1.807, 2.05) is 0 Å². The summed E-state index contributed by atoms with van der Waals surface area (Å²) in [7, 11) is 0. The third-order valence-electron chi connectivity index (χ3n) is 11.0. The maximum Gasteiger partial charge on any atom is 0.226 e. The molecule has 2 atom stereocenters. The van der Waals surface area contributed by atoms with Gasteiger partial charge in [-0.1, -0.05) is 39.7 Å². The molecular formula is C30H49N3O2. The number of carbonyl (C=O) groups excluding carboxylic acids is 2. The van der Waals surface area contributed by atoms with Gasteiger partial charge in [0.05, 0.1) is 0 Å². The van der Waals surface area contributed by atoms with Crippen molar-refractivity contribution in [3.8, 4) is 0 Å². The molecule has 35 heavy (non-hydrogen) atoms. The molecule has 1 heterocycles. The fourth-order valence-electron chi connectivity index (χ4n) is 7.62. The Morgan fingerprint density at radius 1 is 0.857 bits per heavy atom. The third kappa shape index (κ3) is 5.16. The Morgan fingerprint density at radius 3 is 2.09 bits per heavy atom. The van der Waals surface area contributed by atoms with Gasteiger partial charge in [0.25, 0.3) is 0 Å². The Morgan fingerprint density at radius 2 is 1.51 bits per heavy atom. The molecule has 196 valence electrons. The van der Waals surface area contributed by atoms with Gasteiger partial charge in [-0.05, 0) is 82.5 Å². The third-order valence-corrected chi connectivity index (χ3v) is 11.0. The van der Waals surface area contributed by atoms with Crippen LogP contribution in [0.4, 0.5) is 0 Å². The first-order valence-corrected chi connectivity index (χ1v) is 14.9. The van der Waals surface area contributed by atoms with E-state index in [1.54, 1.807) is 0 Å². The molecule has 0 bridgehead atoms.